The summed E-state index contributed by atoms with van der Waals surface area (Å²) in [6.45, 7) is 19.2. The van der Waals surface area contributed by atoms with Crippen LogP contribution in [0.25, 0.3) is 11.1 Å². The van der Waals surface area contributed by atoms with Gasteiger partial charge in [-0.25, -0.2) is 0 Å². The van der Waals surface area contributed by atoms with E-state index in [1.165, 1.54) is 38.9 Å². The fraction of sp³-hybridized carbons (Fsp3) is 0.326. The van der Waals surface area contributed by atoms with Gasteiger partial charge in [-0.05, 0) is 0 Å². The molecule has 3 heteroatoms. The summed E-state index contributed by atoms with van der Waals surface area (Å²) in [6, 6.07) is 35.1. The third-order valence-electron chi connectivity index (χ3n) is 9.89. The van der Waals surface area contributed by atoms with Crippen molar-refractivity contribution in [3.05, 3.63) is 146 Å². The minimum absolute atomic E-state index is 0. The number of allylic oxidation sites excluding steroid dienone is 4. The quantitative estimate of drug-likeness (QED) is 0.245. The first kappa shape index (κ1) is 36.5. The van der Waals surface area contributed by atoms with Crippen LogP contribution in [0.1, 0.15) is 95.2 Å². The van der Waals surface area contributed by atoms with Crippen LogP contribution in [0.4, 0.5) is 0 Å². The van der Waals surface area contributed by atoms with E-state index in [9.17, 15) is 0 Å². The molecule has 46 heavy (non-hydrogen) atoms. The largest absolute Gasteiger partial charge is 1.00 e. The van der Waals surface area contributed by atoms with Gasteiger partial charge in [-0.3, -0.25) is 0 Å². The summed E-state index contributed by atoms with van der Waals surface area (Å²) in [5, 5.41) is 0. The predicted octanol–water partition coefficient (Wildman–Crippen LogP) is 4.34. The number of hydrogen-bond acceptors (Lipinski definition) is 0. The molecule has 0 atom stereocenters. The van der Waals surface area contributed by atoms with Crippen LogP contribution in [0.15, 0.2) is 113 Å². The van der Waals surface area contributed by atoms with Crippen LogP contribution < -0.4 is 28.1 Å². The molecule has 0 radical (unpaired) electrons. The Balaban J connectivity index is 0.00000240. The molecular formula is C43H48Cl2Zr. The van der Waals surface area contributed by atoms with Crippen LogP contribution in [0.3, 0.4) is 0 Å². The summed E-state index contributed by atoms with van der Waals surface area (Å²) in [5.74, 6) is 0. The van der Waals surface area contributed by atoms with E-state index in [2.05, 4.69) is 165 Å². The van der Waals surface area contributed by atoms with Gasteiger partial charge in [0.25, 0.3) is 0 Å². The minimum Gasteiger partial charge on any atom is -1.00 e. The van der Waals surface area contributed by atoms with Crippen molar-refractivity contribution in [3.8, 4) is 11.1 Å². The number of rotatable bonds is 6. The van der Waals surface area contributed by atoms with E-state index in [4.69, 9.17) is 0 Å². The molecule has 0 amide bonds. The standard InChI is InChI=1S/C21H25.C17H18.C5H5.2ClH.Zr/c1-20(2,3)16-9-7-14-11-15-8-10-17(21(4,5)6)13-19(15)18(14)12-16;1-17(2,16-11-7-4-8-12-16)14-13-15-9-5-3-6-10-15;1-2-4-5-3-1;;;/h7,9-10,12-13H,11H2,1-6H3;3-12H,13H2,1-2H3;1-3H,4H2;2*1H;/q;;;;;+2/p-2. The van der Waals surface area contributed by atoms with Gasteiger partial charge in [0.05, 0.1) is 0 Å². The second-order valence-electron chi connectivity index (χ2n) is 15.4. The monoisotopic (exact) mass is 724 g/mol. The molecule has 0 saturated carbocycles. The van der Waals surface area contributed by atoms with Gasteiger partial charge in [0.2, 0.25) is 0 Å². The van der Waals surface area contributed by atoms with Gasteiger partial charge in [0.1, 0.15) is 0 Å². The van der Waals surface area contributed by atoms with Crippen LogP contribution in [-0.4, -0.2) is 3.21 Å². The first-order chi connectivity index (χ1) is 20.8. The first-order valence-electron chi connectivity index (χ1n) is 16.3. The smallest absolute Gasteiger partial charge is 1.00 e. The van der Waals surface area contributed by atoms with Crippen LogP contribution in [0.5, 0.6) is 0 Å². The Labute approximate surface area is 298 Å². The number of benzene rings is 4. The number of halogens is 2. The van der Waals surface area contributed by atoms with Crippen LogP contribution in [0.2, 0.25) is 0 Å². The number of hydrogen-bond donors (Lipinski definition) is 0. The summed E-state index contributed by atoms with van der Waals surface area (Å²) in [5.41, 5.74) is 12.0. The Morgan fingerprint density at radius 3 is 1.85 bits per heavy atom. The molecule has 0 N–H and O–H groups in total. The fourth-order valence-electron chi connectivity index (χ4n) is 7.01. The van der Waals surface area contributed by atoms with Gasteiger partial charge in [-0.1, -0.05) is 0 Å². The van der Waals surface area contributed by atoms with E-state index in [-0.39, 0.29) is 41.1 Å². The van der Waals surface area contributed by atoms with Gasteiger partial charge >= 0.3 is 276 Å². The first-order valence-corrected chi connectivity index (χ1v) is 20.0. The molecule has 0 heterocycles. The summed E-state index contributed by atoms with van der Waals surface area (Å²) < 4.78 is 5.18. The Morgan fingerprint density at radius 1 is 0.652 bits per heavy atom. The Morgan fingerprint density at radius 2 is 1.26 bits per heavy atom. The molecule has 0 aliphatic heterocycles. The van der Waals surface area contributed by atoms with E-state index in [0.717, 1.165) is 19.3 Å². The van der Waals surface area contributed by atoms with Gasteiger partial charge < -0.3 is 24.8 Å². The molecule has 4 aromatic rings. The van der Waals surface area contributed by atoms with Crippen molar-refractivity contribution in [1.29, 1.82) is 0 Å². The van der Waals surface area contributed by atoms with E-state index < -0.39 is 21.3 Å². The molecule has 0 fully saturated rings. The van der Waals surface area contributed by atoms with Gasteiger partial charge in [0, 0.05) is 0 Å². The van der Waals surface area contributed by atoms with E-state index >= 15 is 0 Å². The maximum atomic E-state index is 2.68. The van der Waals surface area contributed by atoms with E-state index in [0.29, 0.717) is 0 Å². The van der Waals surface area contributed by atoms with Gasteiger partial charge in [-0.15, -0.1) is 0 Å². The SMILES string of the molecule is CC(C)(C)c1ccc2c(c1)-c1cc(C(C)(C)C)c[c](/[Zr+2]([C]3=CC=CC3)=[C](/Cc3ccccc3)C(C)(C)c3ccccc3)c1C2.[Cl-].[Cl-]. The minimum atomic E-state index is -2.68. The second kappa shape index (κ2) is 14.0. The second-order valence-corrected chi connectivity index (χ2v) is 21.7. The molecular weight excluding hydrogens is 679 g/mol. The molecule has 0 unspecified atom stereocenters. The number of fused-ring (bicyclic) bond motifs is 3. The average Bonchev–Trinajstić information content (AvgIpc) is 3.65. The van der Waals surface area contributed by atoms with Crippen molar-refractivity contribution in [2.75, 3.05) is 0 Å². The zero-order valence-electron chi connectivity index (χ0n) is 28.8. The third-order valence-corrected chi connectivity index (χ3v) is 18.3. The van der Waals surface area contributed by atoms with Crippen LogP contribution in [-0.2, 0) is 50.4 Å². The predicted molar refractivity (Wildman–Crippen MR) is 188 cm³/mol. The molecule has 0 aromatic heterocycles. The third kappa shape index (κ3) is 7.23. The maximum absolute atomic E-state index is 2.68. The topological polar surface area (TPSA) is 0 Å². The Kier molecular flexibility index (Phi) is 11.2. The molecule has 4 aromatic carbocycles. The van der Waals surface area contributed by atoms with Crippen molar-refractivity contribution in [1.82, 2.24) is 0 Å². The molecule has 0 saturated heterocycles. The maximum Gasteiger partial charge on any atom is -1.00 e. The summed E-state index contributed by atoms with van der Waals surface area (Å²) >= 11 is -2.68. The van der Waals surface area contributed by atoms with E-state index in [1.54, 1.807) is 15.3 Å². The average molecular weight is 727 g/mol. The van der Waals surface area contributed by atoms with Crippen LogP contribution in [0, 0.1) is 0 Å². The van der Waals surface area contributed by atoms with Crippen molar-refractivity contribution < 1.29 is 46.1 Å². The Hall–Kier alpha value is -2.31. The van der Waals surface area contributed by atoms with Crippen molar-refractivity contribution in [2.45, 2.75) is 90.9 Å². The summed E-state index contributed by atoms with van der Waals surface area (Å²) in [6.07, 6.45) is 10.4. The molecule has 0 spiro atoms. The molecule has 238 valence electrons. The fourth-order valence-corrected chi connectivity index (χ4v) is 15.9. The molecule has 0 nitrogen and oxygen atoms in total. The molecule has 2 aliphatic rings. The zero-order valence-corrected chi connectivity index (χ0v) is 32.7. The van der Waals surface area contributed by atoms with Crippen molar-refractivity contribution >= 4 is 6.48 Å². The summed E-state index contributed by atoms with van der Waals surface area (Å²) in [4.78, 5) is 0. The van der Waals surface area contributed by atoms with Gasteiger partial charge in [-0.2, -0.15) is 0 Å². The van der Waals surface area contributed by atoms with Crippen LogP contribution >= 0.6 is 0 Å². The van der Waals surface area contributed by atoms with Crippen molar-refractivity contribution in [3.63, 3.8) is 0 Å². The van der Waals surface area contributed by atoms with Crippen molar-refractivity contribution in [2.24, 2.45) is 0 Å². The molecule has 0 bridgehead atoms. The summed E-state index contributed by atoms with van der Waals surface area (Å²) in [7, 11) is 0. The van der Waals surface area contributed by atoms with E-state index in [1.807, 2.05) is 0 Å². The Bertz CT molecular complexity index is 1790. The normalized spacial score (nSPS) is 14.1. The molecule has 2 aliphatic carbocycles. The molecule has 6 rings (SSSR count). The zero-order chi connectivity index (χ0) is 31.3. The van der Waals surface area contributed by atoms with Gasteiger partial charge in [0.15, 0.2) is 0 Å².